The molecule has 0 saturated carbocycles. The lowest BCUT2D eigenvalue weighted by atomic mass is 10.9. The van der Waals surface area contributed by atoms with E-state index >= 15 is 0 Å². The van der Waals surface area contributed by atoms with E-state index in [-0.39, 0.29) is 13.2 Å². The largest absolute Gasteiger partial charge is 0.480 e. The standard InChI is InChI=1S/C6H16O5P2/c1-5-9-13(8,10-6-2)11-12(3,4)7/h5-6H2,1-4H3. The lowest BCUT2D eigenvalue weighted by Gasteiger charge is -2.18. The second-order valence-corrected chi connectivity index (χ2v) is 7.18. The van der Waals surface area contributed by atoms with Crippen molar-refractivity contribution in [3.05, 3.63) is 0 Å². The van der Waals surface area contributed by atoms with E-state index in [4.69, 9.17) is 13.4 Å². The summed E-state index contributed by atoms with van der Waals surface area (Å²) in [6.07, 6.45) is 0. The molecule has 13 heavy (non-hydrogen) atoms. The van der Waals surface area contributed by atoms with Crippen molar-refractivity contribution in [2.75, 3.05) is 26.5 Å². The van der Waals surface area contributed by atoms with Crippen LogP contribution < -0.4 is 0 Å². The van der Waals surface area contributed by atoms with Gasteiger partial charge in [0.15, 0.2) is 0 Å². The summed E-state index contributed by atoms with van der Waals surface area (Å²) >= 11 is 0. The van der Waals surface area contributed by atoms with E-state index in [1.54, 1.807) is 13.8 Å². The van der Waals surface area contributed by atoms with Crippen LogP contribution in [0.25, 0.3) is 0 Å². The second-order valence-electron chi connectivity index (χ2n) is 2.62. The zero-order valence-electron chi connectivity index (χ0n) is 8.35. The number of phosphoric ester groups is 1. The van der Waals surface area contributed by atoms with Crippen LogP contribution in [0.4, 0.5) is 0 Å². The molecular weight excluding hydrogens is 214 g/mol. The van der Waals surface area contributed by atoms with Crippen LogP contribution in [0.1, 0.15) is 13.8 Å². The highest BCUT2D eigenvalue weighted by Crippen LogP contribution is 2.61. The first-order valence-corrected chi connectivity index (χ1v) is 7.96. The Morgan fingerprint density at radius 2 is 1.38 bits per heavy atom. The summed E-state index contributed by atoms with van der Waals surface area (Å²) in [5, 5.41) is 0. The van der Waals surface area contributed by atoms with E-state index in [1.165, 1.54) is 13.3 Å². The summed E-state index contributed by atoms with van der Waals surface area (Å²) in [6, 6.07) is 0. The molecule has 0 unspecified atom stereocenters. The molecule has 0 bridgehead atoms. The van der Waals surface area contributed by atoms with Crippen LogP contribution >= 0.6 is 15.2 Å². The van der Waals surface area contributed by atoms with Crippen molar-refractivity contribution in [3.63, 3.8) is 0 Å². The first-order chi connectivity index (χ1) is 5.83. The predicted octanol–water partition coefficient (Wildman–Crippen LogP) is 2.72. The van der Waals surface area contributed by atoms with Crippen molar-refractivity contribution < 1.29 is 22.5 Å². The molecule has 0 atom stereocenters. The molecule has 0 amide bonds. The molecule has 0 aromatic rings. The maximum absolute atomic E-state index is 11.6. The smallest absolute Gasteiger partial charge is 0.293 e. The molecule has 0 rings (SSSR count). The molecule has 0 fully saturated rings. The SMILES string of the molecule is CCOP(=O)(OCC)OP(C)(C)=O. The predicted molar refractivity (Wildman–Crippen MR) is 51.4 cm³/mol. The molecule has 0 aromatic heterocycles. The third-order valence-corrected chi connectivity index (χ3v) is 4.39. The van der Waals surface area contributed by atoms with Gasteiger partial charge < -0.3 is 0 Å². The normalized spacial score (nSPS) is 13.2. The van der Waals surface area contributed by atoms with Gasteiger partial charge in [-0.3, -0.25) is 13.6 Å². The Hall–Kier alpha value is 0.340. The first-order valence-electron chi connectivity index (χ1n) is 3.98. The highest BCUT2D eigenvalue weighted by molar-refractivity contribution is 7.67. The van der Waals surface area contributed by atoms with Crippen LogP contribution in [-0.2, 0) is 22.5 Å². The quantitative estimate of drug-likeness (QED) is 0.656. The monoisotopic (exact) mass is 230 g/mol. The summed E-state index contributed by atoms with van der Waals surface area (Å²) in [4.78, 5) is 0. The highest BCUT2D eigenvalue weighted by Gasteiger charge is 2.31. The van der Waals surface area contributed by atoms with Gasteiger partial charge in [-0.05, 0) is 13.8 Å². The van der Waals surface area contributed by atoms with E-state index < -0.39 is 15.2 Å². The van der Waals surface area contributed by atoms with Crippen LogP contribution in [0.15, 0.2) is 0 Å². The highest BCUT2D eigenvalue weighted by atomic mass is 31.3. The van der Waals surface area contributed by atoms with Crippen LogP contribution in [0, 0.1) is 0 Å². The zero-order valence-corrected chi connectivity index (χ0v) is 10.1. The molecule has 80 valence electrons. The van der Waals surface area contributed by atoms with Gasteiger partial charge in [0.25, 0.3) is 0 Å². The molecule has 0 saturated heterocycles. The fourth-order valence-corrected chi connectivity index (χ4v) is 3.65. The number of hydrogen-bond acceptors (Lipinski definition) is 5. The Bertz CT molecular complexity index is 223. The van der Waals surface area contributed by atoms with Crippen molar-refractivity contribution in [1.29, 1.82) is 0 Å². The Labute approximate surface area is 78.8 Å². The molecular formula is C6H16O5P2. The number of hydrogen-bond donors (Lipinski definition) is 0. The topological polar surface area (TPSA) is 61.8 Å². The molecule has 0 aliphatic rings. The molecule has 0 N–H and O–H groups in total. The maximum atomic E-state index is 11.6. The summed E-state index contributed by atoms with van der Waals surface area (Å²) in [6.45, 7) is 6.42. The van der Waals surface area contributed by atoms with Gasteiger partial charge in [0.2, 0.25) is 7.37 Å². The average molecular weight is 230 g/mol. The minimum Gasteiger partial charge on any atom is -0.293 e. The van der Waals surface area contributed by atoms with Crippen molar-refractivity contribution in [2.45, 2.75) is 13.8 Å². The molecule has 0 aliphatic carbocycles. The van der Waals surface area contributed by atoms with E-state index in [1.807, 2.05) is 0 Å². The number of phosphoric acid groups is 1. The molecule has 5 nitrogen and oxygen atoms in total. The van der Waals surface area contributed by atoms with Crippen LogP contribution in [0.5, 0.6) is 0 Å². The first kappa shape index (κ1) is 13.3. The third kappa shape index (κ3) is 6.42. The van der Waals surface area contributed by atoms with Gasteiger partial charge >= 0.3 is 7.82 Å². The fourth-order valence-electron chi connectivity index (χ4n) is 0.641. The summed E-state index contributed by atoms with van der Waals surface area (Å²) in [5.41, 5.74) is 0. The Morgan fingerprint density at radius 3 is 1.62 bits per heavy atom. The minimum atomic E-state index is -3.60. The molecule has 0 spiro atoms. The Morgan fingerprint density at radius 1 is 1.00 bits per heavy atom. The van der Waals surface area contributed by atoms with Gasteiger partial charge in [0, 0.05) is 13.3 Å². The summed E-state index contributed by atoms with van der Waals surface area (Å²) in [5.74, 6) is 0. The van der Waals surface area contributed by atoms with E-state index in [2.05, 4.69) is 0 Å². The minimum absolute atomic E-state index is 0.192. The third-order valence-electron chi connectivity index (χ3n) is 0.871. The maximum Gasteiger partial charge on any atom is 0.480 e. The van der Waals surface area contributed by atoms with Gasteiger partial charge in [0.05, 0.1) is 13.2 Å². The Kier molecular flexibility index (Phi) is 5.42. The van der Waals surface area contributed by atoms with Gasteiger partial charge in [-0.25, -0.2) is 8.88 Å². The van der Waals surface area contributed by atoms with Gasteiger partial charge in [-0.1, -0.05) is 0 Å². The van der Waals surface area contributed by atoms with Gasteiger partial charge in [-0.2, -0.15) is 0 Å². The van der Waals surface area contributed by atoms with Gasteiger partial charge in [-0.15, -0.1) is 0 Å². The van der Waals surface area contributed by atoms with E-state index in [9.17, 15) is 9.13 Å². The van der Waals surface area contributed by atoms with E-state index in [0.717, 1.165) is 0 Å². The lowest BCUT2D eigenvalue weighted by Crippen LogP contribution is -1.98. The van der Waals surface area contributed by atoms with Crippen molar-refractivity contribution in [1.82, 2.24) is 0 Å². The van der Waals surface area contributed by atoms with Crippen molar-refractivity contribution in [3.8, 4) is 0 Å². The summed E-state index contributed by atoms with van der Waals surface area (Å²) < 4.78 is 37.2. The van der Waals surface area contributed by atoms with E-state index in [0.29, 0.717) is 0 Å². The lowest BCUT2D eigenvalue weighted by molar-refractivity contribution is 0.169. The molecule has 0 aliphatic heterocycles. The van der Waals surface area contributed by atoms with Crippen molar-refractivity contribution in [2.24, 2.45) is 0 Å². The van der Waals surface area contributed by atoms with Crippen LogP contribution in [0.3, 0.4) is 0 Å². The molecule has 0 aromatic carbocycles. The second kappa shape index (κ2) is 5.28. The number of rotatable bonds is 6. The molecule has 0 heterocycles. The van der Waals surface area contributed by atoms with Crippen LogP contribution in [-0.4, -0.2) is 26.5 Å². The zero-order chi connectivity index (χ0) is 10.5. The Balaban J connectivity index is 4.42. The summed E-state index contributed by atoms with van der Waals surface area (Å²) in [7, 11) is -6.46. The van der Waals surface area contributed by atoms with Crippen LogP contribution in [0.2, 0.25) is 0 Å². The van der Waals surface area contributed by atoms with Gasteiger partial charge in [0.1, 0.15) is 0 Å². The fraction of sp³-hybridized carbons (Fsp3) is 1.00. The van der Waals surface area contributed by atoms with Crippen molar-refractivity contribution >= 4 is 15.2 Å². The molecule has 0 radical (unpaired) electrons. The average Bonchev–Trinajstić information content (AvgIpc) is 1.82. The molecule has 7 heteroatoms.